The van der Waals surface area contributed by atoms with Crippen LogP contribution in [0.1, 0.15) is 46.0 Å². The Balaban J connectivity index is 1.70. The third-order valence-corrected chi connectivity index (χ3v) is 9.36. The molecular weight excluding hydrogens is 480 g/mol. The summed E-state index contributed by atoms with van der Waals surface area (Å²) >= 11 is 0. The van der Waals surface area contributed by atoms with Gasteiger partial charge in [0.15, 0.2) is 0 Å². The van der Waals surface area contributed by atoms with Crippen molar-refractivity contribution in [2.24, 2.45) is 11.8 Å². The Bertz CT molecular complexity index is 1150. The maximum Gasteiger partial charge on any atom is 0.247 e. The molecule has 1 aliphatic heterocycles. The number of likely N-dealkylation sites (N-methyl/N-ethyl adjacent to an activating group) is 1. The van der Waals surface area contributed by atoms with Crippen LogP contribution in [0, 0.1) is 11.8 Å². The summed E-state index contributed by atoms with van der Waals surface area (Å²) in [7, 11) is -2.13. The highest BCUT2D eigenvalue weighted by molar-refractivity contribution is 7.89. The van der Waals surface area contributed by atoms with Crippen LogP contribution in [0.2, 0.25) is 0 Å². The van der Waals surface area contributed by atoms with Crippen molar-refractivity contribution in [3.63, 3.8) is 0 Å². The molecule has 0 radical (unpaired) electrons. The number of amides is 1. The summed E-state index contributed by atoms with van der Waals surface area (Å²) in [5, 5.41) is 9.83. The van der Waals surface area contributed by atoms with Crippen molar-refractivity contribution in [1.29, 1.82) is 0 Å². The lowest BCUT2D eigenvalue weighted by Crippen LogP contribution is -2.50. The van der Waals surface area contributed by atoms with Gasteiger partial charge in [0.05, 0.1) is 13.2 Å². The minimum atomic E-state index is -3.93. The molecule has 1 amide bonds. The van der Waals surface area contributed by atoms with E-state index in [1.165, 1.54) is 23.1 Å². The average molecular weight is 517 g/mol. The maximum absolute atomic E-state index is 13.7. The predicted octanol–water partition coefficient (Wildman–Crippen LogP) is 2.95. The van der Waals surface area contributed by atoms with Gasteiger partial charge in [-0.05, 0) is 37.5 Å². The van der Waals surface area contributed by atoms with Gasteiger partial charge in [-0.2, -0.15) is 4.31 Å². The first kappa shape index (κ1) is 26.5. The molecule has 36 heavy (non-hydrogen) atoms. The number of carbonyl (C=O) groups is 1. The number of hydrogen-bond acceptors (Lipinski definition) is 7. The van der Waals surface area contributed by atoms with Crippen LogP contribution < -0.4 is 4.74 Å². The summed E-state index contributed by atoms with van der Waals surface area (Å²) in [6.07, 6.45) is 9.46. The van der Waals surface area contributed by atoms with Crippen molar-refractivity contribution in [2.75, 3.05) is 26.7 Å². The second kappa shape index (κ2) is 11.2. The van der Waals surface area contributed by atoms with Gasteiger partial charge in [0, 0.05) is 49.4 Å². The quantitative estimate of drug-likeness (QED) is 0.628. The second-order valence-corrected chi connectivity index (χ2v) is 11.9. The Morgan fingerprint density at radius 3 is 2.56 bits per heavy atom. The SMILES string of the molecule is C[C@@H]1CN([C@@H](C)CO)S(=O)(=O)c2ccc(-c3cncnc3)cc2O[C@H]1CN(C)C(=O)C1CCCCC1. The van der Waals surface area contributed by atoms with Crippen LogP contribution in [-0.2, 0) is 14.8 Å². The normalized spacial score (nSPS) is 23.6. The smallest absolute Gasteiger partial charge is 0.247 e. The fourth-order valence-electron chi connectivity index (χ4n) is 5.09. The molecule has 3 atom stereocenters. The number of rotatable bonds is 6. The third kappa shape index (κ3) is 5.55. The number of carbonyl (C=O) groups excluding carboxylic acids is 1. The first-order valence-corrected chi connectivity index (χ1v) is 14.1. The monoisotopic (exact) mass is 516 g/mol. The van der Waals surface area contributed by atoms with E-state index in [0.29, 0.717) is 6.54 Å². The highest BCUT2D eigenvalue weighted by Crippen LogP contribution is 2.36. The fraction of sp³-hybridized carbons (Fsp3) is 0.577. The molecule has 1 aromatic carbocycles. The summed E-state index contributed by atoms with van der Waals surface area (Å²) in [6.45, 7) is 3.84. The molecule has 1 aliphatic carbocycles. The van der Waals surface area contributed by atoms with E-state index in [1.807, 2.05) is 6.92 Å². The Kier molecular flexibility index (Phi) is 8.27. The molecule has 1 saturated carbocycles. The standard InChI is InChI=1S/C26H36N4O5S/c1-18-14-30(19(2)16-31)36(33,34)25-10-9-21(22-12-27-17-28-13-22)11-23(25)35-24(18)15-29(3)26(32)20-7-5-4-6-8-20/h9-13,17-20,24,31H,4-8,14-16H2,1-3H3/t18-,19+,24+/m1/s1. The molecule has 1 fully saturated rings. The van der Waals surface area contributed by atoms with Crippen LogP contribution >= 0.6 is 0 Å². The van der Waals surface area contributed by atoms with Gasteiger partial charge >= 0.3 is 0 Å². The molecule has 4 rings (SSSR count). The number of fused-ring (bicyclic) bond motifs is 1. The van der Waals surface area contributed by atoms with E-state index >= 15 is 0 Å². The summed E-state index contributed by atoms with van der Waals surface area (Å²) < 4.78 is 35.1. The molecule has 0 unspecified atom stereocenters. The van der Waals surface area contributed by atoms with Crippen LogP contribution in [0.25, 0.3) is 11.1 Å². The highest BCUT2D eigenvalue weighted by Gasteiger charge is 2.39. The lowest BCUT2D eigenvalue weighted by molar-refractivity contribution is -0.136. The molecule has 1 aromatic heterocycles. The van der Waals surface area contributed by atoms with Crippen LogP contribution in [0.5, 0.6) is 5.75 Å². The molecule has 9 nitrogen and oxygen atoms in total. The van der Waals surface area contributed by atoms with Crippen LogP contribution in [0.4, 0.5) is 0 Å². The Hall–Kier alpha value is -2.56. The number of ether oxygens (including phenoxy) is 1. The van der Waals surface area contributed by atoms with E-state index in [-0.39, 0.29) is 41.5 Å². The first-order chi connectivity index (χ1) is 17.2. The maximum atomic E-state index is 13.7. The highest BCUT2D eigenvalue weighted by atomic mass is 32.2. The lowest BCUT2D eigenvalue weighted by atomic mass is 9.88. The van der Waals surface area contributed by atoms with Crippen molar-refractivity contribution in [3.8, 4) is 16.9 Å². The van der Waals surface area contributed by atoms with Crippen molar-refractivity contribution in [3.05, 3.63) is 36.9 Å². The molecule has 0 spiro atoms. The van der Waals surface area contributed by atoms with E-state index in [4.69, 9.17) is 4.74 Å². The van der Waals surface area contributed by atoms with E-state index in [9.17, 15) is 18.3 Å². The van der Waals surface area contributed by atoms with Gasteiger partial charge in [0.25, 0.3) is 0 Å². The second-order valence-electron chi connectivity index (χ2n) is 10.1. The molecule has 0 saturated heterocycles. The fourth-order valence-corrected chi connectivity index (χ4v) is 6.92. The van der Waals surface area contributed by atoms with Crippen molar-refractivity contribution >= 4 is 15.9 Å². The van der Waals surface area contributed by atoms with Crippen LogP contribution in [0.15, 0.2) is 41.8 Å². The van der Waals surface area contributed by atoms with Gasteiger partial charge in [0.1, 0.15) is 23.1 Å². The minimum Gasteiger partial charge on any atom is -0.487 e. The molecule has 196 valence electrons. The zero-order chi connectivity index (χ0) is 25.9. The van der Waals surface area contributed by atoms with Gasteiger partial charge in [0.2, 0.25) is 15.9 Å². The number of nitrogens with zero attached hydrogens (tertiary/aromatic N) is 4. The van der Waals surface area contributed by atoms with Gasteiger partial charge in [-0.1, -0.05) is 32.3 Å². The van der Waals surface area contributed by atoms with Gasteiger partial charge in [-0.15, -0.1) is 0 Å². The van der Waals surface area contributed by atoms with E-state index in [0.717, 1.165) is 36.8 Å². The lowest BCUT2D eigenvalue weighted by Gasteiger charge is -2.38. The predicted molar refractivity (Wildman–Crippen MR) is 136 cm³/mol. The van der Waals surface area contributed by atoms with Gasteiger partial charge in [-0.3, -0.25) is 4.79 Å². The van der Waals surface area contributed by atoms with Gasteiger partial charge in [-0.25, -0.2) is 18.4 Å². The minimum absolute atomic E-state index is 0.0378. The Morgan fingerprint density at radius 2 is 1.89 bits per heavy atom. The van der Waals surface area contributed by atoms with E-state index in [2.05, 4.69) is 9.97 Å². The molecule has 2 aliphatic rings. The van der Waals surface area contributed by atoms with Crippen LogP contribution in [-0.4, -0.2) is 77.5 Å². The number of aromatic nitrogens is 2. The van der Waals surface area contributed by atoms with E-state index < -0.39 is 22.2 Å². The molecule has 1 N–H and O–H groups in total. The van der Waals surface area contributed by atoms with Crippen molar-refractivity contribution in [2.45, 2.75) is 63.0 Å². The van der Waals surface area contributed by atoms with Gasteiger partial charge < -0.3 is 14.7 Å². The summed E-state index contributed by atoms with van der Waals surface area (Å²) in [6, 6.07) is 4.34. The number of aliphatic hydroxyl groups is 1. The topological polar surface area (TPSA) is 113 Å². The summed E-state index contributed by atoms with van der Waals surface area (Å²) in [5.74, 6) is 0.154. The number of sulfonamides is 1. The summed E-state index contributed by atoms with van der Waals surface area (Å²) in [5.41, 5.74) is 1.46. The molecule has 2 aromatic rings. The Labute approximate surface area is 213 Å². The number of hydrogen-bond donors (Lipinski definition) is 1. The molecule has 10 heteroatoms. The largest absolute Gasteiger partial charge is 0.487 e. The number of aliphatic hydroxyl groups excluding tert-OH is 1. The Morgan fingerprint density at radius 1 is 1.19 bits per heavy atom. The average Bonchev–Trinajstić information content (AvgIpc) is 2.90. The zero-order valence-corrected chi connectivity index (χ0v) is 22.0. The van der Waals surface area contributed by atoms with Crippen molar-refractivity contribution in [1.82, 2.24) is 19.2 Å². The third-order valence-electron chi connectivity index (χ3n) is 7.35. The van der Waals surface area contributed by atoms with E-state index in [1.54, 1.807) is 43.4 Å². The number of benzene rings is 1. The first-order valence-electron chi connectivity index (χ1n) is 12.7. The van der Waals surface area contributed by atoms with Crippen molar-refractivity contribution < 1.29 is 23.1 Å². The van der Waals surface area contributed by atoms with Crippen LogP contribution in [0.3, 0.4) is 0 Å². The molecular formula is C26H36N4O5S. The molecule has 2 heterocycles. The zero-order valence-electron chi connectivity index (χ0n) is 21.2. The molecule has 0 bridgehead atoms. The summed E-state index contributed by atoms with van der Waals surface area (Å²) in [4.78, 5) is 23.1.